The van der Waals surface area contributed by atoms with Crippen LogP contribution in [0.5, 0.6) is 0 Å². The topological polar surface area (TPSA) is 20.3 Å². The molecule has 0 aliphatic rings. The van der Waals surface area contributed by atoms with Crippen LogP contribution < -0.4 is 0 Å². The molecule has 0 fully saturated rings. The van der Waals surface area contributed by atoms with Crippen LogP contribution in [0.25, 0.3) is 0 Å². The van der Waals surface area contributed by atoms with Crippen LogP contribution >= 0.6 is 11.3 Å². The number of likely N-dealkylation sites (N-methyl/N-ethyl adjacent to an activating group) is 1. The van der Waals surface area contributed by atoms with Crippen molar-refractivity contribution in [2.75, 3.05) is 7.05 Å². The summed E-state index contributed by atoms with van der Waals surface area (Å²) in [6.45, 7) is 1.54. The Labute approximate surface area is 106 Å². The van der Waals surface area contributed by atoms with Crippen LogP contribution in [0, 0.1) is 0 Å². The van der Waals surface area contributed by atoms with Gasteiger partial charge in [-0.2, -0.15) is 8.78 Å². The molecule has 1 unspecified atom stereocenters. The van der Waals surface area contributed by atoms with Gasteiger partial charge in [0.2, 0.25) is 0 Å². The Morgan fingerprint density at radius 3 is 2.56 bits per heavy atom. The molecule has 0 bridgehead atoms. The standard InChI is InChI=1S/C11H13F4NOS/c1-7(6-8-4-3-5-18-8)16(2)10(17)11(14,15)9(12)13/h3-5,7,9H,6H2,1-2H3. The average Bonchev–Trinajstić information content (AvgIpc) is 2.79. The molecule has 0 aromatic carbocycles. The number of carbonyl (C=O) groups excluding carboxylic acids is 1. The fourth-order valence-electron chi connectivity index (χ4n) is 1.39. The smallest absolute Gasteiger partial charge is 0.337 e. The van der Waals surface area contributed by atoms with Crippen molar-refractivity contribution in [1.82, 2.24) is 4.90 Å². The second-order valence-corrected chi connectivity index (χ2v) is 5.00. The maximum atomic E-state index is 12.9. The summed E-state index contributed by atoms with van der Waals surface area (Å²) in [6.07, 6.45) is -3.62. The van der Waals surface area contributed by atoms with Crippen LogP contribution in [-0.4, -0.2) is 36.2 Å². The number of hydrogen-bond acceptors (Lipinski definition) is 2. The number of alkyl halides is 4. The third-order valence-corrected chi connectivity index (χ3v) is 3.52. The van der Waals surface area contributed by atoms with E-state index in [0.717, 1.165) is 11.9 Å². The van der Waals surface area contributed by atoms with Crippen molar-refractivity contribution < 1.29 is 22.4 Å². The van der Waals surface area contributed by atoms with Gasteiger partial charge in [-0.3, -0.25) is 4.79 Å². The molecule has 1 aromatic rings. The largest absolute Gasteiger partial charge is 0.383 e. The summed E-state index contributed by atoms with van der Waals surface area (Å²) in [6, 6.07) is 3.02. The molecule has 0 saturated carbocycles. The minimum Gasteiger partial charge on any atom is -0.337 e. The zero-order valence-corrected chi connectivity index (χ0v) is 10.7. The zero-order chi connectivity index (χ0) is 13.9. The van der Waals surface area contributed by atoms with Gasteiger partial charge in [0, 0.05) is 24.4 Å². The molecular weight excluding hydrogens is 270 g/mol. The third-order valence-electron chi connectivity index (χ3n) is 2.62. The first kappa shape index (κ1) is 14.9. The summed E-state index contributed by atoms with van der Waals surface area (Å²) in [4.78, 5) is 12.9. The maximum absolute atomic E-state index is 12.9. The van der Waals surface area contributed by atoms with Gasteiger partial charge in [-0.15, -0.1) is 11.3 Å². The van der Waals surface area contributed by atoms with E-state index < -0.39 is 24.3 Å². The van der Waals surface area contributed by atoms with E-state index in [2.05, 4.69) is 0 Å². The van der Waals surface area contributed by atoms with E-state index in [1.807, 2.05) is 5.38 Å². The van der Waals surface area contributed by atoms with E-state index in [1.165, 1.54) is 11.3 Å². The minimum absolute atomic E-state index is 0.360. The number of amides is 1. The number of hydrogen-bond donors (Lipinski definition) is 0. The first-order valence-corrected chi connectivity index (χ1v) is 6.10. The van der Waals surface area contributed by atoms with Gasteiger partial charge in [-0.05, 0) is 18.4 Å². The van der Waals surface area contributed by atoms with Gasteiger partial charge in [-0.1, -0.05) is 6.07 Å². The Morgan fingerprint density at radius 2 is 2.11 bits per heavy atom. The Hall–Kier alpha value is -1.11. The molecule has 0 aliphatic carbocycles. The fourth-order valence-corrected chi connectivity index (χ4v) is 2.21. The van der Waals surface area contributed by atoms with Gasteiger partial charge in [0.1, 0.15) is 0 Å². The zero-order valence-electron chi connectivity index (χ0n) is 9.87. The number of halogens is 4. The predicted octanol–water partition coefficient (Wildman–Crippen LogP) is 3.04. The first-order valence-electron chi connectivity index (χ1n) is 5.22. The molecule has 1 aromatic heterocycles. The molecule has 0 radical (unpaired) electrons. The summed E-state index contributed by atoms with van der Waals surface area (Å²) < 4.78 is 49.9. The van der Waals surface area contributed by atoms with Crippen molar-refractivity contribution in [3.05, 3.63) is 22.4 Å². The second-order valence-electron chi connectivity index (χ2n) is 3.97. The molecule has 7 heteroatoms. The molecule has 2 nitrogen and oxygen atoms in total. The molecule has 0 N–H and O–H groups in total. The number of rotatable bonds is 5. The lowest BCUT2D eigenvalue weighted by Gasteiger charge is -2.28. The van der Waals surface area contributed by atoms with Crippen LogP contribution in [0.2, 0.25) is 0 Å². The molecule has 1 heterocycles. The van der Waals surface area contributed by atoms with E-state index in [1.54, 1.807) is 19.1 Å². The first-order chi connectivity index (χ1) is 8.26. The summed E-state index contributed by atoms with van der Waals surface area (Å²) >= 11 is 1.42. The molecule has 0 aliphatic heterocycles. The highest BCUT2D eigenvalue weighted by Gasteiger charge is 2.51. The Bertz CT molecular complexity index is 394. The van der Waals surface area contributed by atoms with E-state index in [0.29, 0.717) is 11.3 Å². The van der Waals surface area contributed by atoms with Crippen LogP contribution in [0.4, 0.5) is 17.6 Å². The average molecular weight is 283 g/mol. The molecule has 1 amide bonds. The Morgan fingerprint density at radius 1 is 1.50 bits per heavy atom. The van der Waals surface area contributed by atoms with Gasteiger partial charge in [0.05, 0.1) is 0 Å². The van der Waals surface area contributed by atoms with Crippen LogP contribution in [0.1, 0.15) is 11.8 Å². The maximum Gasteiger partial charge on any atom is 0.383 e. The van der Waals surface area contributed by atoms with E-state index >= 15 is 0 Å². The molecule has 1 atom stereocenters. The SMILES string of the molecule is CC(Cc1cccs1)N(C)C(=O)C(F)(F)C(F)F. The van der Waals surface area contributed by atoms with Crippen molar-refractivity contribution in [3.8, 4) is 0 Å². The number of thiophene rings is 1. The molecule has 18 heavy (non-hydrogen) atoms. The van der Waals surface area contributed by atoms with Gasteiger partial charge < -0.3 is 4.90 Å². The highest BCUT2D eigenvalue weighted by molar-refractivity contribution is 7.09. The van der Waals surface area contributed by atoms with Gasteiger partial charge in [0.25, 0.3) is 5.91 Å². The summed E-state index contributed by atoms with van der Waals surface area (Å²) in [5.74, 6) is -6.47. The summed E-state index contributed by atoms with van der Waals surface area (Å²) in [5.41, 5.74) is 0. The van der Waals surface area contributed by atoms with Crippen molar-refractivity contribution in [3.63, 3.8) is 0 Å². The molecule has 1 rings (SSSR count). The normalized spacial score (nSPS) is 13.7. The van der Waals surface area contributed by atoms with E-state index in [4.69, 9.17) is 0 Å². The van der Waals surface area contributed by atoms with Gasteiger partial charge in [0.15, 0.2) is 0 Å². The Kier molecular flexibility index (Phi) is 4.72. The van der Waals surface area contributed by atoms with Crippen molar-refractivity contribution in [2.45, 2.75) is 31.7 Å². The van der Waals surface area contributed by atoms with Crippen LogP contribution in [0.15, 0.2) is 17.5 Å². The molecular formula is C11H13F4NOS. The van der Waals surface area contributed by atoms with Crippen molar-refractivity contribution in [2.24, 2.45) is 0 Å². The Balaban J connectivity index is 2.69. The van der Waals surface area contributed by atoms with E-state index in [9.17, 15) is 22.4 Å². The van der Waals surface area contributed by atoms with E-state index in [-0.39, 0.29) is 0 Å². The lowest BCUT2D eigenvalue weighted by atomic mass is 10.1. The highest BCUT2D eigenvalue weighted by atomic mass is 32.1. The number of nitrogens with zero attached hydrogens (tertiary/aromatic N) is 1. The molecule has 0 saturated heterocycles. The van der Waals surface area contributed by atoms with Gasteiger partial charge >= 0.3 is 12.3 Å². The molecule has 0 spiro atoms. The fraction of sp³-hybridized carbons (Fsp3) is 0.545. The van der Waals surface area contributed by atoms with Crippen LogP contribution in [-0.2, 0) is 11.2 Å². The minimum atomic E-state index is -4.63. The summed E-state index contributed by atoms with van der Waals surface area (Å²) in [7, 11) is 1.11. The second kappa shape index (κ2) is 5.69. The van der Waals surface area contributed by atoms with Crippen molar-refractivity contribution in [1.29, 1.82) is 0 Å². The third kappa shape index (κ3) is 3.22. The monoisotopic (exact) mass is 283 g/mol. The number of carbonyl (C=O) groups is 1. The van der Waals surface area contributed by atoms with Gasteiger partial charge in [-0.25, -0.2) is 8.78 Å². The lowest BCUT2D eigenvalue weighted by molar-refractivity contribution is -0.181. The van der Waals surface area contributed by atoms with Crippen molar-refractivity contribution >= 4 is 17.2 Å². The predicted molar refractivity (Wildman–Crippen MR) is 61.2 cm³/mol. The van der Waals surface area contributed by atoms with Crippen LogP contribution in [0.3, 0.4) is 0 Å². The summed E-state index contributed by atoms with van der Waals surface area (Å²) in [5, 5.41) is 1.82. The molecule has 102 valence electrons. The lowest BCUT2D eigenvalue weighted by Crippen LogP contribution is -2.49. The highest BCUT2D eigenvalue weighted by Crippen LogP contribution is 2.26. The quantitative estimate of drug-likeness (QED) is 0.761.